The van der Waals surface area contributed by atoms with Gasteiger partial charge in [0.25, 0.3) is 5.91 Å². The molecular formula is C18H17F2N3O3S. The molecule has 0 atom stereocenters. The molecule has 0 aromatic heterocycles. The standard InChI is InChI=1S/C18H17F2N3O3S/c19-15-6-3-14(17(20)11-15)12-21-22-18(24)13-4-7-16(8-5-13)27(25,26)23-9-1-2-10-23/h3-8,11-12H,1-2,9-10H2,(H,22,24)/b21-12-. The summed E-state index contributed by atoms with van der Waals surface area (Å²) >= 11 is 0. The van der Waals surface area contributed by atoms with E-state index < -0.39 is 27.6 Å². The van der Waals surface area contributed by atoms with Crippen LogP contribution in [0.3, 0.4) is 0 Å². The van der Waals surface area contributed by atoms with E-state index in [9.17, 15) is 22.0 Å². The van der Waals surface area contributed by atoms with Crippen molar-refractivity contribution in [1.82, 2.24) is 9.73 Å². The summed E-state index contributed by atoms with van der Waals surface area (Å²) in [5.74, 6) is -2.10. The highest BCUT2D eigenvalue weighted by atomic mass is 32.2. The molecule has 6 nitrogen and oxygen atoms in total. The van der Waals surface area contributed by atoms with Gasteiger partial charge >= 0.3 is 0 Å². The van der Waals surface area contributed by atoms with E-state index in [0.717, 1.165) is 25.1 Å². The Labute approximate surface area is 155 Å². The largest absolute Gasteiger partial charge is 0.271 e. The number of nitrogens with one attached hydrogen (secondary N) is 1. The highest BCUT2D eigenvalue weighted by Gasteiger charge is 2.27. The van der Waals surface area contributed by atoms with Crippen molar-refractivity contribution in [3.05, 3.63) is 65.2 Å². The molecule has 1 N–H and O–H groups in total. The Bertz CT molecular complexity index is 970. The van der Waals surface area contributed by atoms with Gasteiger partial charge in [0, 0.05) is 30.3 Å². The fourth-order valence-electron chi connectivity index (χ4n) is 2.69. The van der Waals surface area contributed by atoms with Gasteiger partial charge in [0.15, 0.2) is 0 Å². The van der Waals surface area contributed by atoms with Crippen molar-refractivity contribution in [2.24, 2.45) is 5.10 Å². The van der Waals surface area contributed by atoms with Gasteiger partial charge in [-0.25, -0.2) is 22.6 Å². The lowest BCUT2D eigenvalue weighted by atomic mass is 10.2. The molecule has 1 heterocycles. The lowest BCUT2D eigenvalue weighted by molar-refractivity contribution is 0.0955. The fourth-order valence-corrected chi connectivity index (χ4v) is 4.20. The predicted octanol–water partition coefficient (Wildman–Crippen LogP) is 2.51. The highest BCUT2D eigenvalue weighted by Crippen LogP contribution is 2.21. The van der Waals surface area contributed by atoms with E-state index in [2.05, 4.69) is 10.5 Å². The van der Waals surface area contributed by atoms with Crippen molar-refractivity contribution in [3.8, 4) is 0 Å². The summed E-state index contributed by atoms with van der Waals surface area (Å²) < 4.78 is 52.6. The molecule has 9 heteroatoms. The molecular weight excluding hydrogens is 376 g/mol. The average Bonchev–Trinajstić information content (AvgIpc) is 3.19. The minimum atomic E-state index is -3.54. The van der Waals surface area contributed by atoms with Crippen LogP contribution in [0.4, 0.5) is 8.78 Å². The molecule has 1 amide bonds. The highest BCUT2D eigenvalue weighted by molar-refractivity contribution is 7.89. The van der Waals surface area contributed by atoms with Crippen LogP contribution in [-0.4, -0.2) is 37.9 Å². The first-order chi connectivity index (χ1) is 12.9. The van der Waals surface area contributed by atoms with E-state index >= 15 is 0 Å². The van der Waals surface area contributed by atoms with Crippen LogP contribution in [0, 0.1) is 11.6 Å². The van der Waals surface area contributed by atoms with Gasteiger partial charge in [-0.05, 0) is 49.2 Å². The molecule has 27 heavy (non-hydrogen) atoms. The van der Waals surface area contributed by atoms with Crippen LogP contribution in [0.2, 0.25) is 0 Å². The van der Waals surface area contributed by atoms with Gasteiger partial charge in [0.2, 0.25) is 10.0 Å². The van der Waals surface area contributed by atoms with Crippen LogP contribution in [0.5, 0.6) is 0 Å². The van der Waals surface area contributed by atoms with Crippen LogP contribution in [0.15, 0.2) is 52.5 Å². The third kappa shape index (κ3) is 4.37. The van der Waals surface area contributed by atoms with E-state index in [1.54, 1.807) is 0 Å². The first kappa shape index (κ1) is 19.1. The van der Waals surface area contributed by atoms with Crippen molar-refractivity contribution >= 4 is 22.1 Å². The summed E-state index contributed by atoms with van der Waals surface area (Å²) in [6.45, 7) is 0.998. The predicted molar refractivity (Wildman–Crippen MR) is 95.9 cm³/mol. The third-order valence-corrected chi connectivity index (χ3v) is 6.06. The molecule has 0 bridgehead atoms. The minimum Gasteiger partial charge on any atom is -0.267 e. The molecule has 0 aliphatic carbocycles. The Morgan fingerprint density at radius 3 is 2.37 bits per heavy atom. The first-order valence-corrected chi connectivity index (χ1v) is 9.70. The smallest absolute Gasteiger partial charge is 0.267 e. The number of hydrogen-bond donors (Lipinski definition) is 1. The van der Waals surface area contributed by atoms with Crippen molar-refractivity contribution < 1.29 is 22.0 Å². The molecule has 3 rings (SSSR count). The van der Waals surface area contributed by atoms with Crippen LogP contribution >= 0.6 is 0 Å². The summed E-state index contributed by atoms with van der Waals surface area (Å²) in [5.41, 5.74) is 2.43. The monoisotopic (exact) mass is 393 g/mol. The lowest BCUT2D eigenvalue weighted by Gasteiger charge is -2.15. The Hall–Kier alpha value is -2.65. The van der Waals surface area contributed by atoms with Gasteiger partial charge in [0.05, 0.1) is 11.1 Å². The zero-order valence-corrected chi connectivity index (χ0v) is 15.0. The van der Waals surface area contributed by atoms with Crippen LogP contribution < -0.4 is 5.43 Å². The number of carbonyl (C=O) groups excluding carboxylic acids is 1. The van der Waals surface area contributed by atoms with Gasteiger partial charge in [-0.3, -0.25) is 4.79 Å². The molecule has 1 aliphatic rings. The summed E-state index contributed by atoms with van der Waals surface area (Å²) in [5, 5.41) is 3.63. The molecule has 0 radical (unpaired) electrons. The number of benzene rings is 2. The molecule has 1 saturated heterocycles. The van der Waals surface area contributed by atoms with E-state index in [-0.39, 0.29) is 16.0 Å². The van der Waals surface area contributed by atoms with Crippen LogP contribution in [0.1, 0.15) is 28.8 Å². The molecule has 142 valence electrons. The summed E-state index contributed by atoms with van der Waals surface area (Å²) in [6.07, 6.45) is 2.73. The number of amides is 1. The third-order valence-electron chi connectivity index (χ3n) is 4.15. The van der Waals surface area contributed by atoms with Gasteiger partial charge in [-0.15, -0.1) is 0 Å². The summed E-state index contributed by atoms with van der Waals surface area (Å²) in [4.78, 5) is 12.2. The molecule has 0 spiro atoms. The molecule has 2 aromatic rings. The zero-order valence-electron chi connectivity index (χ0n) is 14.2. The number of rotatable bonds is 5. The minimum absolute atomic E-state index is 0.0174. The molecule has 0 unspecified atom stereocenters. The van der Waals surface area contributed by atoms with Gasteiger partial charge in [-0.1, -0.05) is 0 Å². The van der Waals surface area contributed by atoms with Gasteiger partial charge in [-0.2, -0.15) is 9.41 Å². The Morgan fingerprint density at radius 2 is 1.74 bits per heavy atom. The fraction of sp³-hybridized carbons (Fsp3) is 0.222. The molecule has 1 aliphatic heterocycles. The van der Waals surface area contributed by atoms with Gasteiger partial charge in [0.1, 0.15) is 11.6 Å². The number of sulfonamides is 1. The lowest BCUT2D eigenvalue weighted by Crippen LogP contribution is -2.28. The number of nitrogens with zero attached hydrogens (tertiary/aromatic N) is 2. The van der Waals surface area contributed by atoms with E-state index in [4.69, 9.17) is 0 Å². The average molecular weight is 393 g/mol. The second kappa shape index (κ2) is 7.93. The topological polar surface area (TPSA) is 78.8 Å². The first-order valence-electron chi connectivity index (χ1n) is 8.26. The van der Waals surface area contributed by atoms with Crippen molar-refractivity contribution in [2.45, 2.75) is 17.7 Å². The maximum atomic E-state index is 13.5. The number of hydrogen-bond acceptors (Lipinski definition) is 4. The SMILES string of the molecule is O=C(N/N=C\c1ccc(F)cc1F)c1ccc(S(=O)(=O)N2CCCC2)cc1. The van der Waals surface area contributed by atoms with Gasteiger partial charge < -0.3 is 0 Å². The van der Waals surface area contributed by atoms with Crippen LogP contribution in [0.25, 0.3) is 0 Å². The number of halogens is 2. The van der Waals surface area contributed by atoms with Crippen molar-refractivity contribution in [1.29, 1.82) is 0 Å². The zero-order chi connectivity index (χ0) is 19.4. The maximum Gasteiger partial charge on any atom is 0.271 e. The quantitative estimate of drug-likeness (QED) is 0.626. The molecule has 0 saturated carbocycles. The summed E-state index contributed by atoms with van der Waals surface area (Å²) in [7, 11) is -3.54. The van der Waals surface area contributed by atoms with Crippen molar-refractivity contribution in [3.63, 3.8) is 0 Å². The van der Waals surface area contributed by atoms with E-state index in [1.165, 1.54) is 34.6 Å². The summed E-state index contributed by atoms with van der Waals surface area (Å²) in [6, 6.07) is 8.48. The number of hydrazone groups is 1. The molecule has 1 fully saturated rings. The van der Waals surface area contributed by atoms with E-state index in [0.29, 0.717) is 19.2 Å². The van der Waals surface area contributed by atoms with Crippen molar-refractivity contribution in [2.75, 3.05) is 13.1 Å². The van der Waals surface area contributed by atoms with E-state index in [1.807, 2.05) is 0 Å². The maximum absolute atomic E-state index is 13.5. The second-order valence-corrected chi connectivity index (χ2v) is 7.94. The Balaban J connectivity index is 1.66. The Kier molecular flexibility index (Phi) is 5.62. The Morgan fingerprint density at radius 1 is 1.07 bits per heavy atom. The number of carbonyl (C=O) groups is 1. The normalized spacial score (nSPS) is 15.3. The van der Waals surface area contributed by atoms with Crippen LogP contribution in [-0.2, 0) is 10.0 Å². The second-order valence-electron chi connectivity index (χ2n) is 6.00. The molecule has 2 aromatic carbocycles.